The van der Waals surface area contributed by atoms with Crippen molar-refractivity contribution >= 4 is 40.4 Å². The normalized spacial score (nSPS) is 16.4. The van der Waals surface area contributed by atoms with E-state index in [1.807, 2.05) is 31.2 Å². The summed E-state index contributed by atoms with van der Waals surface area (Å²) < 4.78 is 0. The van der Waals surface area contributed by atoms with E-state index in [-0.39, 0.29) is 30.0 Å². The number of carbonyl (C=O) groups is 4. The number of nitrogen functional groups attached to an aromatic ring is 1. The number of carbonyl (C=O) groups excluding carboxylic acids is 3. The minimum absolute atomic E-state index is 0.0258. The van der Waals surface area contributed by atoms with Crippen molar-refractivity contribution in [2.75, 3.05) is 5.73 Å². The summed E-state index contributed by atoms with van der Waals surface area (Å²) in [4.78, 5) is 55.6. The molecule has 37 heavy (non-hydrogen) atoms. The van der Waals surface area contributed by atoms with Crippen LogP contribution in [0.15, 0.2) is 36.4 Å². The van der Waals surface area contributed by atoms with Gasteiger partial charge in [0.05, 0.1) is 35.7 Å². The number of carboxylic acid groups (broad SMARTS) is 1. The molecule has 2 heterocycles. The van der Waals surface area contributed by atoms with Gasteiger partial charge in [-0.3, -0.25) is 24.1 Å². The quantitative estimate of drug-likeness (QED) is 0.252. The zero-order valence-corrected chi connectivity index (χ0v) is 20.5. The Morgan fingerprint density at radius 3 is 2.19 bits per heavy atom. The lowest BCUT2D eigenvalue weighted by atomic mass is 9.77. The van der Waals surface area contributed by atoms with Crippen LogP contribution < -0.4 is 16.8 Å². The average molecular weight is 508 g/mol. The molecule has 0 saturated heterocycles. The summed E-state index contributed by atoms with van der Waals surface area (Å²) in [6, 6.07) is 10.6. The van der Waals surface area contributed by atoms with E-state index in [1.54, 1.807) is 12.1 Å². The van der Waals surface area contributed by atoms with Gasteiger partial charge in [-0.25, -0.2) is 0 Å². The van der Waals surface area contributed by atoms with Crippen LogP contribution in [0.3, 0.4) is 0 Å². The molecule has 0 saturated carbocycles. The maximum absolute atomic E-state index is 13.3. The van der Waals surface area contributed by atoms with E-state index in [2.05, 4.69) is 20.5 Å². The van der Waals surface area contributed by atoms with Gasteiger partial charge in [0.25, 0.3) is 11.8 Å². The number of nitrogens with two attached hydrogens (primary N) is 2. The molecule has 4 atom stereocenters. The largest absolute Gasteiger partial charge is 0.481 e. The Morgan fingerprint density at radius 2 is 1.70 bits per heavy atom. The number of carboxylic acids is 1. The number of hydrogen-bond acceptors (Lipinski definition) is 8. The van der Waals surface area contributed by atoms with Gasteiger partial charge in [-0.1, -0.05) is 44.5 Å². The Kier molecular flexibility index (Phi) is 7.21. The highest BCUT2D eigenvalue weighted by atomic mass is 16.4. The summed E-state index contributed by atoms with van der Waals surface area (Å²) in [5, 5.41) is 21.8. The molecule has 7 N–H and O–H groups in total. The first-order valence-corrected chi connectivity index (χ1v) is 12.0. The van der Waals surface area contributed by atoms with Crippen LogP contribution in [0.1, 0.15) is 53.2 Å². The maximum Gasteiger partial charge on any atom is 0.307 e. The van der Waals surface area contributed by atoms with Crippen LogP contribution in [0.25, 0.3) is 10.8 Å². The van der Waals surface area contributed by atoms with Crippen molar-refractivity contribution in [3.8, 4) is 0 Å². The number of H-pyrrole nitrogens is 1. The predicted octanol–water partition coefficient (Wildman–Crippen LogP) is 1.49. The zero-order valence-electron chi connectivity index (χ0n) is 20.5. The summed E-state index contributed by atoms with van der Waals surface area (Å²) in [6.07, 6.45) is -0.484. The summed E-state index contributed by atoms with van der Waals surface area (Å²) in [5.74, 6) is -5.71. The van der Waals surface area contributed by atoms with E-state index in [0.29, 0.717) is 12.2 Å². The van der Waals surface area contributed by atoms with E-state index < -0.39 is 47.6 Å². The maximum atomic E-state index is 13.3. The fourth-order valence-electron chi connectivity index (χ4n) is 4.91. The number of fused-ring (bicyclic) bond motifs is 2. The molecule has 12 nitrogen and oxygen atoms in total. The molecule has 1 aliphatic rings. The third-order valence-electron chi connectivity index (χ3n) is 6.82. The first-order valence-electron chi connectivity index (χ1n) is 12.0. The lowest BCUT2D eigenvalue weighted by Gasteiger charge is -2.34. The molecular weight excluding hydrogens is 478 g/mol. The second kappa shape index (κ2) is 10.3. The number of rotatable bonds is 10. The van der Waals surface area contributed by atoms with Crippen LogP contribution in [0.2, 0.25) is 0 Å². The van der Waals surface area contributed by atoms with Gasteiger partial charge in [-0.05, 0) is 29.3 Å². The monoisotopic (exact) mass is 507 g/mol. The second-order valence-electron chi connectivity index (χ2n) is 9.21. The van der Waals surface area contributed by atoms with Gasteiger partial charge in [-0.15, -0.1) is 10.2 Å². The minimum atomic E-state index is -1.27. The Bertz CT molecular complexity index is 1320. The standard InChI is InChI=1S/C25H29N7O5/c1-3-6-15(21(33)28-11-18-29-25(27)31-30-18)19(24(36)37)12(2)20(26)32-22(34)16-9-13-7-4-5-8-14(13)10-17(16)23(32)35/h4-5,7-10,12,15,19-20H,3,6,11,26H2,1-2H3,(H,28,33)(H,36,37)(H3,27,29,30,31)/t12?,15-,19+,20?/m0/s1. The first kappa shape index (κ1) is 25.8. The van der Waals surface area contributed by atoms with Crippen LogP contribution in [0.4, 0.5) is 5.95 Å². The van der Waals surface area contributed by atoms with Crippen molar-refractivity contribution in [3.63, 3.8) is 0 Å². The molecule has 3 aromatic rings. The smallest absolute Gasteiger partial charge is 0.307 e. The van der Waals surface area contributed by atoms with Crippen LogP contribution in [-0.4, -0.2) is 55.0 Å². The second-order valence-corrected chi connectivity index (χ2v) is 9.21. The van der Waals surface area contributed by atoms with E-state index >= 15 is 0 Å². The molecule has 194 valence electrons. The molecule has 0 fully saturated rings. The number of benzene rings is 2. The first-order chi connectivity index (χ1) is 17.6. The van der Waals surface area contributed by atoms with Crippen molar-refractivity contribution in [3.05, 3.63) is 53.3 Å². The molecule has 1 aliphatic heterocycles. The van der Waals surface area contributed by atoms with E-state index in [9.17, 15) is 24.3 Å². The minimum Gasteiger partial charge on any atom is -0.481 e. The highest BCUT2D eigenvalue weighted by molar-refractivity contribution is 6.23. The number of aromatic nitrogens is 3. The Balaban J connectivity index is 1.58. The highest BCUT2D eigenvalue weighted by Gasteiger charge is 2.46. The van der Waals surface area contributed by atoms with E-state index in [1.165, 1.54) is 6.92 Å². The van der Waals surface area contributed by atoms with Gasteiger partial charge in [0.2, 0.25) is 11.9 Å². The topological polar surface area (TPSA) is 197 Å². The average Bonchev–Trinajstić information content (AvgIpc) is 3.40. The fraction of sp³-hybridized carbons (Fsp3) is 0.360. The number of imide groups is 1. The number of aliphatic carboxylic acids is 1. The molecule has 0 aliphatic carbocycles. The Hall–Kier alpha value is -4.32. The lowest BCUT2D eigenvalue weighted by Crippen LogP contribution is -2.54. The lowest BCUT2D eigenvalue weighted by molar-refractivity contribution is -0.151. The molecule has 12 heteroatoms. The molecule has 2 unspecified atom stereocenters. The number of anilines is 1. The van der Waals surface area contributed by atoms with Gasteiger partial charge in [-0.2, -0.15) is 0 Å². The Labute approximate surface area is 212 Å². The number of nitrogens with one attached hydrogen (secondary N) is 2. The molecule has 3 amide bonds. The van der Waals surface area contributed by atoms with Crippen molar-refractivity contribution in [2.24, 2.45) is 23.5 Å². The number of aromatic amines is 1. The molecule has 2 aromatic carbocycles. The summed E-state index contributed by atoms with van der Waals surface area (Å²) in [7, 11) is 0. The molecule has 4 rings (SSSR count). The van der Waals surface area contributed by atoms with Crippen LogP contribution >= 0.6 is 0 Å². The highest BCUT2D eigenvalue weighted by Crippen LogP contribution is 2.34. The number of hydrogen-bond donors (Lipinski definition) is 5. The van der Waals surface area contributed by atoms with Gasteiger partial charge in [0.1, 0.15) is 0 Å². The van der Waals surface area contributed by atoms with Gasteiger partial charge in [0.15, 0.2) is 5.82 Å². The molecule has 0 spiro atoms. The van der Waals surface area contributed by atoms with Crippen molar-refractivity contribution in [1.82, 2.24) is 25.4 Å². The van der Waals surface area contributed by atoms with Crippen LogP contribution in [0, 0.1) is 17.8 Å². The van der Waals surface area contributed by atoms with Crippen LogP contribution in [0.5, 0.6) is 0 Å². The van der Waals surface area contributed by atoms with Crippen molar-refractivity contribution in [1.29, 1.82) is 0 Å². The van der Waals surface area contributed by atoms with Crippen molar-refractivity contribution in [2.45, 2.75) is 39.4 Å². The zero-order chi connectivity index (χ0) is 26.9. The SMILES string of the molecule is CCC[C@H](C(=O)NCc1nnc(N)[nH]1)[C@H](C(=O)O)C(C)C(N)N1C(=O)c2cc3ccccc3cc2C1=O. The molecular formula is C25H29N7O5. The van der Waals surface area contributed by atoms with Gasteiger partial charge >= 0.3 is 5.97 Å². The predicted molar refractivity (Wildman–Crippen MR) is 134 cm³/mol. The Morgan fingerprint density at radius 1 is 1.11 bits per heavy atom. The number of amides is 3. The van der Waals surface area contributed by atoms with Gasteiger partial charge < -0.3 is 26.9 Å². The van der Waals surface area contributed by atoms with Gasteiger partial charge in [0, 0.05) is 5.92 Å². The van der Waals surface area contributed by atoms with E-state index in [0.717, 1.165) is 15.7 Å². The third kappa shape index (κ3) is 4.87. The number of nitrogens with zero attached hydrogens (tertiary/aromatic N) is 3. The third-order valence-corrected chi connectivity index (χ3v) is 6.82. The summed E-state index contributed by atoms with van der Waals surface area (Å²) in [5.41, 5.74) is 12.3. The molecule has 0 bridgehead atoms. The summed E-state index contributed by atoms with van der Waals surface area (Å²) in [6.45, 7) is 3.34. The van der Waals surface area contributed by atoms with E-state index in [4.69, 9.17) is 11.5 Å². The van der Waals surface area contributed by atoms with Crippen molar-refractivity contribution < 1.29 is 24.3 Å². The molecule has 1 aromatic heterocycles. The fourth-order valence-corrected chi connectivity index (χ4v) is 4.91. The van der Waals surface area contributed by atoms with Crippen LogP contribution in [-0.2, 0) is 16.1 Å². The summed E-state index contributed by atoms with van der Waals surface area (Å²) >= 11 is 0. The molecule has 0 radical (unpaired) electrons.